The van der Waals surface area contributed by atoms with Gasteiger partial charge in [-0.15, -0.1) is 5.10 Å². The van der Waals surface area contributed by atoms with E-state index in [0.717, 1.165) is 4.68 Å². The van der Waals surface area contributed by atoms with E-state index in [1.807, 2.05) is 0 Å². The van der Waals surface area contributed by atoms with Gasteiger partial charge in [0.25, 0.3) is 5.56 Å². The molecule has 156 valence electrons. The van der Waals surface area contributed by atoms with Crippen LogP contribution in [0.5, 0.6) is 0 Å². The number of aromatic nitrogens is 3. The Kier molecular flexibility index (Phi) is 7.23. The van der Waals surface area contributed by atoms with Gasteiger partial charge in [0.2, 0.25) is 5.91 Å². The van der Waals surface area contributed by atoms with Gasteiger partial charge in [0.15, 0.2) is 0 Å². The number of nitrogens with one attached hydrogen (secondary N) is 2. The maximum Gasteiger partial charge on any atom is 0.326 e. The van der Waals surface area contributed by atoms with Gasteiger partial charge in [-0.3, -0.25) is 9.59 Å². The summed E-state index contributed by atoms with van der Waals surface area (Å²) in [5, 5.41) is 22.4. The molecule has 3 amide bonds. The molecule has 11 heteroatoms. The van der Waals surface area contributed by atoms with Gasteiger partial charge in [0.1, 0.15) is 17.6 Å². The SMILES string of the molecule is CC(C)C(C(=O)NC(CCCNC(N)=O)C(=O)O)n1nnc2ccccc2c1=O. The number of nitrogens with zero attached hydrogens (tertiary/aromatic N) is 3. The number of benzene rings is 1. The van der Waals surface area contributed by atoms with Crippen molar-refractivity contribution in [2.45, 2.75) is 38.8 Å². The highest BCUT2D eigenvalue weighted by Gasteiger charge is 2.30. The van der Waals surface area contributed by atoms with E-state index in [9.17, 15) is 24.3 Å². The molecule has 0 aliphatic carbocycles. The van der Waals surface area contributed by atoms with Crippen molar-refractivity contribution in [2.24, 2.45) is 11.7 Å². The highest BCUT2D eigenvalue weighted by Crippen LogP contribution is 2.17. The smallest absolute Gasteiger partial charge is 0.326 e. The number of urea groups is 1. The quantitative estimate of drug-likeness (QED) is 0.426. The van der Waals surface area contributed by atoms with Crippen LogP contribution in [-0.4, -0.2) is 50.6 Å². The molecule has 0 fully saturated rings. The van der Waals surface area contributed by atoms with Crippen LogP contribution >= 0.6 is 0 Å². The van der Waals surface area contributed by atoms with E-state index in [-0.39, 0.29) is 18.9 Å². The zero-order valence-corrected chi connectivity index (χ0v) is 16.2. The third kappa shape index (κ3) is 5.50. The monoisotopic (exact) mass is 404 g/mol. The molecule has 0 aliphatic heterocycles. The number of hydrogen-bond donors (Lipinski definition) is 4. The van der Waals surface area contributed by atoms with Crippen molar-refractivity contribution in [1.29, 1.82) is 0 Å². The largest absolute Gasteiger partial charge is 0.480 e. The van der Waals surface area contributed by atoms with Crippen molar-refractivity contribution in [2.75, 3.05) is 6.54 Å². The van der Waals surface area contributed by atoms with Gasteiger partial charge < -0.3 is 21.5 Å². The topological polar surface area (TPSA) is 169 Å². The summed E-state index contributed by atoms with van der Waals surface area (Å²) in [6, 6.07) is 3.68. The van der Waals surface area contributed by atoms with Crippen LogP contribution in [0, 0.1) is 5.92 Å². The number of rotatable bonds is 9. The molecule has 0 spiro atoms. The van der Waals surface area contributed by atoms with Gasteiger partial charge >= 0.3 is 12.0 Å². The Bertz CT molecular complexity index is 957. The van der Waals surface area contributed by atoms with Gasteiger partial charge in [-0.05, 0) is 30.9 Å². The standard InChI is InChI=1S/C18H24N6O5/c1-10(2)14(24-16(26)11-6-3-4-7-12(11)22-23-24)15(25)21-13(17(27)28)8-5-9-20-18(19)29/h3-4,6-7,10,13-14H,5,8-9H2,1-2H3,(H,21,25)(H,27,28)(H3,19,20,29). The van der Waals surface area contributed by atoms with E-state index in [1.165, 1.54) is 0 Å². The molecule has 1 aromatic heterocycles. The number of carbonyl (C=O) groups excluding carboxylic acids is 2. The first-order valence-electron chi connectivity index (χ1n) is 9.13. The zero-order valence-electron chi connectivity index (χ0n) is 16.2. The fourth-order valence-corrected chi connectivity index (χ4v) is 2.91. The Morgan fingerprint density at radius 2 is 1.93 bits per heavy atom. The molecular weight excluding hydrogens is 380 g/mol. The molecule has 0 bridgehead atoms. The molecule has 1 heterocycles. The van der Waals surface area contributed by atoms with E-state index < -0.39 is 35.6 Å². The normalized spacial score (nSPS) is 13.1. The summed E-state index contributed by atoms with van der Waals surface area (Å²) in [5.41, 5.74) is 4.88. The molecular formula is C18H24N6O5. The number of fused-ring (bicyclic) bond motifs is 1. The lowest BCUT2D eigenvalue weighted by molar-refractivity contribution is -0.142. The summed E-state index contributed by atoms with van der Waals surface area (Å²) in [4.78, 5) is 47.8. The second-order valence-electron chi connectivity index (χ2n) is 6.88. The summed E-state index contributed by atoms with van der Waals surface area (Å²) in [5.74, 6) is -2.23. The Morgan fingerprint density at radius 3 is 2.55 bits per heavy atom. The molecule has 11 nitrogen and oxygen atoms in total. The summed E-state index contributed by atoms with van der Waals surface area (Å²) < 4.78 is 0.982. The van der Waals surface area contributed by atoms with Crippen molar-refractivity contribution in [3.8, 4) is 0 Å². The van der Waals surface area contributed by atoms with Crippen LogP contribution in [-0.2, 0) is 9.59 Å². The van der Waals surface area contributed by atoms with Crippen LogP contribution in [0.15, 0.2) is 29.1 Å². The van der Waals surface area contributed by atoms with Crippen molar-refractivity contribution in [3.05, 3.63) is 34.6 Å². The van der Waals surface area contributed by atoms with Crippen LogP contribution < -0.4 is 21.9 Å². The van der Waals surface area contributed by atoms with Gasteiger partial charge in [0, 0.05) is 6.54 Å². The van der Waals surface area contributed by atoms with Gasteiger partial charge in [-0.1, -0.05) is 31.2 Å². The Balaban J connectivity index is 2.22. The van der Waals surface area contributed by atoms with Crippen molar-refractivity contribution < 1.29 is 19.5 Å². The Labute approximate surface area is 166 Å². The maximum absolute atomic E-state index is 12.8. The molecule has 2 atom stereocenters. The molecule has 2 unspecified atom stereocenters. The van der Waals surface area contributed by atoms with E-state index in [4.69, 9.17) is 5.73 Å². The Morgan fingerprint density at radius 1 is 1.24 bits per heavy atom. The van der Waals surface area contributed by atoms with E-state index >= 15 is 0 Å². The van der Waals surface area contributed by atoms with E-state index in [2.05, 4.69) is 20.9 Å². The van der Waals surface area contributed by atoms with Crippen LogP contribution in [0.4, 0.5) is 4.79 Å². The third-order valence-electron chi connectivity index (χ3n) is 4.34. The summed E-state index contributed by atoms with van der Waals surface area (Å²) in [6.07, 6.45) is 0.368. The molecule has 2 rings (SSSR count). The third-order valence-corrected chi connectivity index (χ3v) is 4.34. The molecule has 0 radical (unpaired) electrons. The lowest BCUT2D eigenvalue weighted by Crippen LogP contribution is -2.48. The second kappa shape index (κ2) is 9.62. The zero-order chi connectivity index (χ0) is 21.6. The lowest BCUT2D eigenvalue weighted by Gasteiger charge is -2.23. The number of aliphatic carboxylic acids is 1. The van der Waals surface area contributed by atoms with Crippen LogP contribution in [0.25, 0.3) is 10.9 Å². The molecule has 1 aromatic carbocycles. The lowest BCUT2D eigenvalue weighted by atomic mass is 10.0. The van der Waals surface area contributed by atoms with Crippen molar-refractivity contribution in [1.82, 2.24) is 25.6 Å². The number of carboxylic acids is 1. The minimum absolute atomic E-state index is 0.0739. The molecule has 0 saturated carbocycles. The first-order valence-corrected chi connectivity index (χ1v) is 9.13. The van der Waals surface area contributed by atoms with Gasteiger partial charge in [0.05, 0.1) is 5.39 Å². The van der Waals surface area contributed by atoms with Gasteiger partial charge in [-0.2, -0.15) is 4.68 Å². The van der Waals surface area contributed by atoms with Crippen LogP contribution in [0.2, 0.25) is 0 Å². The van der Waals surface area contributed by atoms with E-state index in [0.29, 0.717) is 17.3 Å². The first kappa shape index (κ1) is 21.8. The highest BCUT2D eigenvalue weighted by molar-refractivity contribution is 5.86. The predicted molar refractivity (Wildman–Crippen MR) is 104 cm³/mol. The van der Waals surface area contributed by atoms with E-state index in [1.54, 1.807) is 38.1 Å². The second-order valence-corrected chi connectivity index (χ2v) is 6.88. The molecule has 29 heavy (non-hydrogen) atoms. The van der Waals surface area contributed by atoms with Crippen LogP contribution in [0.1, 0.15) is 32.7 Å². The number of primary amides is 1. The number of carbonyl (C=O) groups is 3. The average molecular weight is 404 g/mol. The minimum Gasteiger partial charge on any atom is -0.480 e. The first-order chi connectivity index (χ1) is 13.7. The average Bonchev–Trinajstić information content (AvgIpc) is 2.65. The molecule has 0 saturated heterocycles. The fourth-order valence-electron chi connectivity index (χ4n) is 2.91. The molecule has 5 N–H and O–H groups in total. The van der Waals surface area contributed by atoms with Crippen molar-refractivity contribution >= 4 is 28.8 Å². The van der Waals surface area contributed by atoms with Crippen molar-refractivity contribution in [3.63, 3.8) is 0 Å². The summed E-state index contributed by atoms with van der Waals surface area (Å²) in [6.45, 7) is 3.62. The number of hydrogen-bond acceptors (Lipinski definition) is 6. The summed E-state index contributed by atoms with van der Waals surface area (Å²) >= 11 is 0. The number of carboxylic acid groups (broad SMARTS) is 1. The Hall–Kier alpha value is -3.50. The number of amides is 3. The molecule has 0 aliphatic rings. The predicted octanol–water partition coefficient (Wildman–Crippen LogP) is 0.00650. The number of nitrogens with two attached hydrogens (primary N) is 1. The molecule has 2 aromatic rings. The fraction of sp³-hybridized carbons (Fsp3) is 0.444. The van der Waals surface area contributed by atoms with Crippen LogP contribution in [0.3, 0.4) is 0 Å². The van der Waals surface area contributed by atoms with Gasteiger partial charge in [-0.25, -0.2) is 9.59 Å². The summed E-state index contributed by atoms with van der Waals surface area (Å²) in [7, 11) is 0. The highest BCUT2D eigenvalue weighted by atomic mass is 16.4. The maximum atomic E-state index is 12.8. The minimum atomic E-state index is -1.23.